The molecule has 1 atom stereocenters. The van der Waals surface area contributed by atoms with E-state index >= 15 is 0 Å². The molecular weight excluding hydrogens is 287 g/mol. The van der Waals surface area contributed by atoms with Gasteiger partial charge in [-0.2, -0.15) is 0 Å². The van der Waals surface area contributed by atoms with E-state index in [4.69, 9.17) is 9.26 Å². The van der Waals surface area contributed by atoms with E-state index < -0.39 is 7.67 Å². The van der Waals surface area contributed by atoms with Gasteiger partial charge in [-0.25, -0.2) is 4.57 Å². The van der Waals surface area contributed by atoms with Crippen molar-refractivity contribution < 1.29 is 13.8 Å². The monoisotopic (exact) mass is 304 g/mol. The van der Waals surface area contributed by atoms with Gasteiger partial charge in [-0.05, 0) is 30.7 Å². The first-order chi connectivity index (χ1) is 10.2. The van der Waals surface area contributed by atoms with Crippen molar-refractivity contribution in [3.05, 3.63) is 48.5 Å². The Bertz CT molecular complexity index is 676. The third-order valence-electron chi connectivity index (χ3n) is 2.98. The van der Waals surface area contributed by atoms with Gasteiger partial charge in [-0.1, -0.05) is 25.1 Å². The number of benzene rings is 2. The van der Waals surface area contributed by atoms with Crippen molar-refractivity contribution in [2.75, 3.05) is 16.8 Å². The fraction of sp³-hybridized carbons (Fsp3) is 0.200. The van der Waals surface area contributed by atoms with Crippen LogP contribution in [-0.4, -0.2) is 6.61 Å². The summed E-state index contributed by atoms with van der Waals surface area (Å²) in [6.45, 7) is 2.71. The van der Waals surface area contributed by atoms with Crippen LogP contribution in [0.4, 0.5) is 11.4 Å². The van der Waals surface area contributed by atoms with E-state index in [2.05, 4.69) is 17.1 Å². The standard InChI is InChI=1S/C15H17N2O3P/c1-2-10-19-13-8-9-14-15(11-13)17-21(18,16-14)20-12-6-4-3-5-7-12/h3-9,11H,2,10H2,1H3,(H2,16,17,18). The lowest BCUT2D eigenvalue weighted by atomic mass is 10.2. The van der Waals surface area contributed by atoms with Gasteiger partial charge in [0.15, 0.2) is 0 Å². The molecule has 1 aliphatic heterocycles. The number of fused-ring (bicyclic) bond motifs is 1. The highest BCUT2D eigenvalue weighted by Crippen LogP contribution is 2.55. The summed E-state index contributed by atoms with van der Waals surface area (Å²) in [4.78, 5) is 0. The van der Waals surface area contributed by atoms with Gasteiger partial charge in [-0.15, -0.1) is 0 Å². The fourth-order valence-corrected chi connectivity index (χ4v) is 3.62. The maximum Gasteiger partial charge on any atom is 0.444 e. The van der Waals surface area contributed by atoms with Crippen LogP contribution in [0.3, 0.4) is 0 Å². The SMILES string of the molecule is CCCOc1ccc2c(c1)NP(=O)(Oc1ccccc1)N2. The van der Waals surface area contributed by atoms with E-state index in [-0.39, 0.29) is 0 Å². The first kappa shape index (κ1) is 13.8. The van der Waals surface area contributed by atoms with E-state index in [0.717, 1.165) is 23.5 Å². The second-order valence-corrected chi connectivity index (χ2v) is 6.47. The average Bonchev–Trinajstić information content (AvgIpc) is 2.81. The van der Waals surface area contributed by atoms with Crippen LogP contribution in [0.1, 0.15) is 13.3 Å². The lowest BCUT2D eigenvalue weighted by Crippen LogP contribution is -2.03. The van der Waals surface area contributed by atoms with Crippen molar-refractivity contribution >= 4 is 19.0 Å². The summed E-state index contributed by atoms with van der Waals surface area (Å²) < 4.78 is 23.8. The highest BCUT2D eigenvalue weighted by Gasteiger charge is 2.33. The fourth-order valence-electron chi connectivity index (χ4n) is 2.04. The van der Waals surface area contributed by atoms with Crippen molar-refractivity contribution in [3.8, 4) is 11.5 Å². The zero-order chi connectivity index (χ0) is 14.7. The van der Waals surface area contributed by atoms with Crippen molar-refractivity contribution in [3.63, 3.8) is 0 Å². The van der Waals surface area contributed by atoms with Crippen molar-refractivity contribution in [1.29, 1.82) is 0 Å². The Balaban J connectivity index is 1.75. The van der Waals surface area contributed by atoms with Gasteiger partial charge < -0.3 is 9.26 Å². The maximum absolute atomic E-state index is 12.7. The summed E-state index contributed by atoms with van der Waals surface area (Å²) in [6.07, 6.45) is 0.943. The molecular formula is C15H17N2O3P. The normalized spacial score (nSPS) is 19.3. The van der Waals surface area contributed by atoms with Crippen LogP contribution in [-0.2, 0) is 4.57 Å². The van der Waals surface area contributed by atoms with Crippen molar-refractivity contribution in [2.45, 2.75) is 13.3 Å². The lowest BCUT2D eigenvalue weighted by molar-refractivity contribution is 0.317. The first-order valence-corrected chi connectivity index (χ1v) is 8.49. The van der Waals surface area contributed by atoms with Crippen molar-refractivity contribution in [1.82, 2.24) is 0 Å². The summed E-state index contributed by atoms with van der Waals surface area (Å²) >= 11 is 0. The molecule has 0 spiro atoms. The molecule has 2 aromatic carbocycles. The third-order valence-corrected chi connectivity index (χ3v) is 4.51. The Hall–Kier alpha value is -2.13. The second-order valence-electron chi connectivity index (χ2n) is 4.74. The minimum Gasteiger partial charge on any atom is -0.494 e. The summed E-state index contributed by atoms with van der Waals surface area (Å²) in [5, 5.41) is 5.83. The molecule has 6 heteroatoms. The summed E-state index contributed by atoms with van der Waals surface area (Å²) in [6, 6.07) is 14.6. The van der Waals surface area contributed by atoms with Gasteiger partial charge in [0, 0.05) is 6.07 Å². The lowest BCUT2D eigenvalue weighted by Gasteiger charge is -2.14. The Morgan fingerprint density at radius 2 is 1.76 bits per heavy atom. The quantitative estimate of drug-likeness (QED) is 0.796. The summed E-state index contributed by atoms with van der Waals surface area (Å²) in [5.74, 6) is 1.30. The molecule has 110 valence electrons. The third kappa shape index (κ3) is 3.14. The van der Waals surface area contributed by atoms with Gasteiger partial charge in [-0.3, -0.25) is 10.2 Å². The van der Waals surface area contributed by atoms with Crippen LogP contribution in [0.15, 0.2) is 48.5 Å². The number of hydrogen-bond acceptors (Lipinski definition) is 3. The highest BCUT2D eigenvalue weighted by atomic mass is 31.2. The summed E-state index contributed by atoms with van der Waals surface area (Å²) in [7, 11) is -3.18. The molecule has 21 heavy (non-hydrogen) atoms. The van der Waals surface area contributed by atoms with Crippen LogP contribution in [0.5, 0.6) is 11.5 Å². The predicted octanol–water partition coefficient (Wildman–Crippen LogP) is 4.50. The van der Waals surface area contributed by atoms with Gasteiger partial charge >= 0.3 is 7.67 Å². The van der Waals surface area contributed by atoms with Crippen LogP contribution < -0.4 is 19.4 Å². The van der Waals surface area contributed by atoms with Gasteiger partial charge in [0.05, 0.1) is 18.0 Å². The molecule has 0 amide bonds. The minimum atomic E-state index is -3.18. The number of hydrogen-bond donors (Lipinski definition) is 2. The Kier molecular flexibility index (Phi) is 3.76. The molecule has 5 nitrogen and oxygen atoms in total. The molecule has 0 saturated heterocycles. The van der Waals surface area contributed by atoms with Crippen LogP contribution in [0.2, 0.25) is 0 Å². The number of para-hydroxylation sites is 1. The van der Waals surface area contributed by atoms with Crippen LogP contribution in [0.25, 0.3) is 0 Å². The van der Waals surface area contributed by atoms with E-state index in [9.17, 15) is 4.57 Å². The number of nitrogens with one attached hydrogen (secondary N) is 2. The van der Waals surface area contributed by atoms with Crippen LogP contribution in [0, 0.1) is 0 Å². The van der Waals surface area contributed by atoms with Gasteiger partial charge in [0.25, 0.3) is 0 Å². The molecule has 2 aromatic rings. The first-order valence-electron chi connectivity index (χ1n) is 6.87. The smallest absolute Gasteiger partial charge is 0.444 e. The van der Waals surface area contributed by atoms with Gasteiger partial charge in [0.2, 0.25) is 0 Å². The minimum absolute atomic E-state index is 0.552. The average molecular weight is 304 g/mol. The number of anilines is 2. The molecule has 1 aliphatic rings. The molecule has 0 aliphatic carbocycles. The molecule has 0 aromatic heterocycles. The molecule has 2 N–H and O–H groups in total. The second kappa shape index (κ2) is 5.70. The maximum atomic E-state index is 12.7. The van der Waals surface area contributed by atoms with Crippen molar-refractivity contribution in [2.24, 2.45) is 0 Å². The van der Waals surface area contributed by atoms with E-state index in [0.29, 0.717) is 12.4 Å². The Labute approximate surface area is 123 Å². The Morgan fingerprint density at radius 1 is 1.00 bits per heavy atom. The molecule has 3 rings (SSSR count). The topological polar surface area (TPSA) is 59.6 Å². The van der Waals surface area contributed by atoms with Crippen LogP contribution >= 0.6 is 7.67 Å². The summed E-state index contributed by atoms with van der Waals surface area (Å²) in [5.41, 5.74) is 1.47. The zero-order valence-corrected chi connectivity index (χ0v) is 12.6. The van der Waals surface area contributed by atoms with Gasteiger partial charge in [0.1, 0.15) is 11.5 Å². The largest absolute Gasteiger partial charge is 0.494 e. The molecule has 0 saturated carbocycles. The molecule has 0 bridgehead atoms. The zero-order valence-electron chi connectivity index (χ0n) is 11.7. The molecule has 1 heterocycles. The number of ether oxygens (including phenoxy) is 1. The number of rotatable bonds is 5. The van der Waals surface area contributed by atoms with E-state index in [1.54, 1.807) is 12.1 Å². The predicted molar refractivity (Wildman–Crippen MR) is 84.1 cm³/mol. The molecule has 0 fully saturated rings. The van der Waals surface area contributed by atoms with E-state index in [1.165, 1.54) is 0 Å². The molecule has 1 unspecified atom stereocenters. The highest BCUT2D eigenvalue weighted by molar-refractivity contribution is 7.63. The van der Waals surface area contributed by atoms with E-state index in [1.807, 2.05) is 36.4 Å². The molecule has 0 radical (unpaired) electrons. The Morgan fingerprint density at radius 3 is 2.52 bits per heavy atom.